The molecule has 248 valence electrons. The molecule has 0 aromatic carbocycles. The van der Waals surface area contributed by atoms with Crippen molar-refractivity contribution in [1.29, 1.82) is 0 Å². The Kier molecular flexibility index (Phi) is 32.7. The van der Waals surface area contributed by atoms with Gasteiger partial charge in [-0.2, -0.15) is 0 Å². The van der Waals surface area contributed by atoms with Gasteiger partial charge in [0.15, 0.2) is 0 Å². The zero-order valence-electron chi connectivity index (χ0n) is 28.5. The first-order chi connectivity index (χ1) is 21.1. The van der Waals surface area contributed by atoms with E-state index < -0.39 is 0 Å². The SMILES string of the molecule is CCCCC/C=C\C/C=C\CCCCCCCC(=O)OCC(C)OC(=O)CCCCCCC/C=C\C/C=C\CCCCC. The summed E-state index contributed by atoms with van der Waals surface area (Å²) in [4.78, 5) is 24.1. The number of carbonyl (C=O) groups is 2. The van der Waals surface area contributed by atoms with Gasteiger partial charge in [-0.3, -0.25) is 9.59 Å². The lowest BCUT2D eigenvalue weighted by Crippen LogP contribution is -2.22. The molecule has 0 aromatic rings. The van der Waals surface area contributed by atoms with Crippen LogP contribution in [0.25, 0.3) is 0 Å². The van der Waals surface area contributed by atoms with E-state index in [0.717, 1.165) is 64.2 Å². The fourth-order valence-electron chi connectivity index (χ4n) is 4.76. The van der Waals surface area contributed by atoms with Crippen molar-refractivity contribution < 1.29 is 19.1 Å². The molecule has 1 unspecified atom stereocenters. The fraction of sp³-hybridized carbons (Fsp3) is 0.744. The number of hydrogen-bond donors (Lipinski definition) is 0. The highest BCUT2D eigenvalue weighted by Gasteiger charge is 2.12. The van der Waals surface area contributed by atoms with Gasteiger partial charge in [-0.15, -0.1) is 0 Å². The van der Waals surface area contributed by atoms with Crippen LogP contribution in [0.4, 0.5) is 0 Å². The maximum absolute atomic E-state index is 12.1. The number of carbonyl (C=O) groups excluding carboxylic acids is 2. The summed E-state index contributed by atoms with van der Waals surface area (Å²) in [6.45, 7) is 6.42. The highest BCUT2D eigenvalue weighted by Crippen LogP contribution is 2.11. The minimum atomic E-state index is -0.390. The lowest BCUT2D eigenvalue weighted by Gasteiger charge is -2.13. The first-order valence-corrected chi connectivity index (χ1v) is 18.0. The minimum Gasteiger partial charge on any atom is -0.462 e. The summed E-state index contributed by atoms with van der Waals surface area (Å²) in [5, 5.41) is 0. The average Bonchev–Trinajstić information content (AvgIpc) is 3.00. The van der Waals surface area contributed by atoms with Crippen LogP contribution < -0.4 is 0 Å². The molecule has 0 radical (unpaired) electrons. The lowest BCUT2D eigenvalue weighted by atomic mass is 10.1. The number of allylic oxidation sites excluding steroid dienone is 8. The second kappa shape index (κ2) is 34.4. The zero-order chi connectivity index (χ0) is 31.5. The summed E-state index contributed by atoms with van der Waals surface area (Å²) in [5.41, 5.74) is 0. The van der Waals surface area contributed by atoms with Crippen LogP contribution in [-0.2, 0) is 19.1 Å². The molecule has 0 rings (SSSR count). The quantitative estimate of drug-likeness (QED) is 0.0451. The Bertz CT molecular complexity index is 734. The predicted molar refractivity (Wildman–Crippen MR) is 185 cm³/mol. The van der Waals surface area contributed by atoms with E-state index in [1.54, 1.807) is 6.92 Å². The van der Waals surface area contributed by atoms with Crippen LogP contribution in [0.2, 0.25) is 0 Å². The molecule has 0 aromatic heterocycles. The maximum atomic E-state index is 12.1. The first-order valence-electron chi connectivity index (χ1n) is 18.0. The standard InChI is InChI=1S/C39H68O4/c1-4-6-8-10-12-14-16-18-20-22-24-26-28-30-32-34-38(40)42-36-37(3)43-39(41)35-33-31-29-27-25-23-21-19-17-15-13-11-9-7-5-2/h12-15,18-21,37H,4-11,16-17,22-36H2,1-3H3/b14-12-,15-13-,20-18-,21-19-. The highest BCUT2D eigenvalue weighted by atomic mass is 16.6. The van der Waals surface area contributed by atoms with Crippen LogP contribution in [0.1, 0.15) is 175 Å². The van der Waals surface area contributed by atoms with Crippen molar-refractivity contribution in [3.8, 4) is 0 Å². The molecule has 1 atom stereocenters. The third-order valence-corrected chi connectivity index (χ3v) is 7.47. The second-order valence-electron chi connectivity index (χ2n) is 11.9. The van der Waals surface area contributed by atoms with E-state index in [1.165, 1.54) is 77.0 Å². The van der Waals surface area contributed by atoms with E-state index in [-0.39, 0.29) is 24.6 Å². The van der Waals surface area contributed by atoms with Crippen LogP contribution in [-0.4, -0.2) is 24.6 Å². The van der Waals surface area contributed by atoms with E-state index in [9.17, 15) is 9.59 Å². The molecule has 0 saturated carbocycles. The van der Waals surface area contributed by atoms with Crippen molar-refractivity contribution in [3.05, 3.63) is 48.6 Å². The Morgan fingerprint density at radius 3 is 1.30 bits per heavy atom. The average molecular weight is 601 g/mol. The summed E-state index contributed by atoms with van der Waals surface area (Å²) in [5.74, 6) is -0.384. The summed E-state index contributed by atoms with van der Waals surface area (Å²) < 4.78 is 10.7. The van der Waals surface area contributed by atoms with Crippen LogP contribution >= 0.6 is 0 Å². The lowest BCUT2D eigenvalue weighted by molar-refractivity contribution is -0.158. The van der Waals surface area contributed by atoms with Gasteiger partial charge < -0.3 is 9.47 Å². The fourth-order valence-corrected chi connectivity index (χ4v) is 4.76. The first kappa shape index (κ1) is 40.9. The number of rotatable bonds is 31. The van der Waals surface area contributed by atoms with Crippen LogP contribution in [0.15, 0.2) is 48.6 Å². The third kappa shape index (κ3) is 34.3. The van der Waals surface area contributed by atoms with Gasteiger partial charge in [-0.05, 0) is 84.0 Å². The molecule has 0 aliphatic rings. The number of hydrogen-bond acceptors (Lipinski definition) is 4. The predicted octanol–water partition coefficient (Wildman–Crippen LogP) is 12.1. The summed E-state index contributed by atoms with van der Waals surface area (Å²) >= 11 is 0. The van der Waals surface area contributed by atoms with Crippen LogP contribution in [0.5, 0.6) is 0 Å². The van der Waals surface area contributed by atoms with Gasteiger partial charge in [0.05, 0.1) is 0 Å². The normalized spacial score (nSPS) is 12.7. The minimum absolute atomic E-state index is 0.146. The Balaban J connectivity index is 3.52. The van der Waals surface area contributed by atoms with Gasteiger partial charge >= 0.3 is 11.9 Å². The number of esters is 2. The molecular formula is C39H68O4. The molecular weight excluding hydrogens is 532 g/mol. The van der Waals surface area contributed by atoms with Crippen molar-refractivity contribution >= 4 is 11.9 Å². The molecule has 0 saturated heterocycles. The van der Waals surface area contributed by atoms with Gasteiger partial charge in [0.25, 0.3) is 0 Å². The molecule has 0 fully saturated rings. The Hall–Kier alpha value is -2.10. The molecule has 4 heteroatoms. The van der Waals surface area contributed by atoms with Crippen molar-refractivity contribution in [2.24, 2.45) is 0 Å². The molecule has 0 aliphatic heterocycles. The highest BCUT2D eigenvalue weighted by molar-refractivity contribution is 5.70. The van der Waals surface area contributed by atoms with Crippen molar-refractivity contribution in [3.63, 3.8) is 0 Å². The van der Waals surface area contributed by atoms with Gasteiger partial charge in [0, 0.05) is 12.8 Å². The molecule has 0 aliphatic carbocycles. The number of unbranched alkanes of at least 4 members (excludes halogenated alkanes) is 16. The summed E-state index contributed by atoms with van der Waals surface area (Å²) in [7, 11) is 0. The Labute approximate surface area is 266 Å². The maximum Gasteiger partial charge on any atom is 0.306 e. The van der Waals surface area contributed by atoms with Crippen molar-refractivity contribution in [2.75, 3.05) is 6.61 Å². The monoisotopic (exact) mass is 601 g/mol. The summed E-state index contributed by atoms with van der Waals surface area (Å²) in [6.07, 6.45) is 44.3. The van der Waals surface area contributed by atoms with Crippen molar-refractivity contribution in [2.45, 2.75) is 181 Å². The second-order valence-corrected chi connectivity index (χ2v) is 11.9. The topological polar surface area (TPSA) is 52.6 Å². The third-order valence-electron chi connectivity index (χ3n) is 7.47. The van der Waals surface area contributed by atoms with E-state index in [0.29, 0.717) is 12.8 Å². The molecule has 0 bridgehead atoms. The smallest absolute Gasteiger partial charge is 0.306 e. The van der Waals surface area contributed by atoms with Gasteiger partial charge in [-0.1, -0.05) is 127 Å². The van der Waals surface area contributed by atoms with Gasteiger partial charge in [0.1, 0.15) is 12.7 Å². The van der Waals surface area contributed by atoms with E-state index in [2.05, 4.69) is 62.5 Å². The molecule has 4 nitrogen and oxygen atoms in total. The van der Waals surface area contributed by atoms with Gasteiger partial charge in [0.2, 0.25) is 0 Å². The van der Waals surface area contributed by atoms with E-state index in [1.807, 2.05) is 0 Å². The molecule has 43 heavy (non-hydrogen) atoms. The van der Waals surface area contributed by atoms with Crippen LogP contribution in [0.3, 0.4) is 0 Å². The Morgan fingerprint density at radius 2 is 0.860 bits per heavy atom. The van der Waals surface area contributed by atoms with E-state index >= 15 is 0 Å². The Morgan fingerprint density at radius 1 is 0.488 bits per heavy atom. The van der Waals surface area contributed by atoms with Crippen LogP contribution in [0, 0.1) is 0 Å². The van der Waals surface area contributed by atoms with Gasteiger partial charge in [-0.25, -0.2) is 0 Å². The summed E-state index contributed by atoms with van der Waals surface area (Å²) in [6, 6.07) is 0. The molecule has 0 heterocycles. The molecule has 0 N–H and O–H groups in total. The molecule has 0 spiro atoms. The number of ether oxygens (including phenoxy) is 2. The zero-order valence-corrected chi connectivity index (χ0v) is 28.5. The molecule has 0 amide bonds. The largest absolute Gasteiger partial charge is 0.462 e. The van der Waals surface area contributed by atoms with Crippen molar-refractivity contribution in [1.82, 2.24) is 0 Å². The van der Waals surface area contributed by atoms with E-state index in [4.69, 9.17) is 9.47 Å².